The Balaban J connectivity index is 2.40. The van der Waals surface area contributed by atoms with Crippen molar-refractivity contribution in [3.8, 4) is 0 Å². The van der Waals surface area contributed by atoms with Crippen molar-refractivity contribution in [1.29, 1.82) is 0 Å². The van der Waals surface area contributed by atoms with E-state index in [4.69, 9.17) is 0 Å². The molecule has 0 aliphatic carbocycles. The third-order valence-electron chi connectivity index (χ3n) is 2.28. The lowest BCUT2D eigenvalue weighted by Gasteiger charge is -1.99. The molecule has 0 bridgehead atoms. The summed E-state index contributed by atoms with van der Waals surface area (Å²) in [6, 6.07) is 7.89. The molecule has 1 N–H and O–H groups in total. The van der Waals surface area contributed by atoms with Crippen molar-refractivity contribution in [2.75, 3.05) is 6.54 Å². The van der Waals surface area contributed by atoms with E-state index in [0.29, 0.717) is 13.0 Å². The summed E-state index contributed by atoms with van der Waals surface area (Å²) in [6.45, 7) is 3.92. The standard InChI is InChI=1S/C14H17NO2/c1-11-3-5-13(6-4-11)7-8-14(17)15-10-9-12(2)16/h3-8H,9-10H2,1-2H3,(H,15,17)/b8-7+. The van der Waals surface area contributed by atoms with Crippen LogP contribution in [0.4, 0.5) is 0 Å². The molecule has 1 rings (SSSR count). The Hall–Kier alpha value is -1.90. The molecule has 0 heterocycles. The van der Waals surface area contributed by atoms with Gasteiger partial charge in [-0.1, -0.05) is 29.8 Å². The third kappa shape index (κ3) is 5.66. The summed E-state index contributed by atoms with van der Waals surface area (Å²) in [7, 11) is 0. The van der Waals surface area contributed by atoms with Crippen LogP contribution >= 0.6 is 0 Å². The summed E-state index contributed by atoms with van der Waals surface area (Å²) in [5.41, 5.74) is 2.17. The molecule has 0 unspecified atom stereocenters. The molecular weight excluding hydrogens is 214 g/mol. The first kappa shape index (κ1) is 13.2. The average molecular weight is 231 g/mol. The number of carbonyl (C=O) groups excluding carboxylic acids is 2. The zero-order valence-corrected chi connectivity index (χ0v) is 10.2. The Labute approximate surface area is 102 Å². The Morgan fingerprint density at radius 3 is 2.47 bits per heavy atom. The summed E-state index contributed by atoms with van der Waals surface area (Å²) in [5.74, 6) is -0.0976. The zero-order valence-electron chi connectivity index (χ0n) is 10.2. The van der Waals surface area contributed by atoms with E-state index in [2.05, 4.69) is 5.32 Å². The minimum atomic E-state index is -0.174. The molecule has 0 aromatic heterocycles. The first-order valence-electron chi connectivity index (χ1n) is 5.60. The summed E-state index contributed by atoms with van der Waals surface area (Å²) >= 11 is 0. The summed E-state index contributed by atoms with van der Waals surface area (Å²) in [4.78, 5) is 22.0. The maximum absolute atomic E-state index is 11.4. The minimum Gasteiger partial charge on any atom is -0.352 e. The van der Waals surface area contributed by atoms with Crippen LogP contribution in [0, 0.1) is 6.92 Å². The average Bonchev–Trinajstić information content (AvgIpc) is 2.28. The van der Waals surface area contributed by atoms with Gasteiger partial charge in [0.05, 0.1) is 0 Å². The number of amides is 1. The zero-order chi connectivity index (χ0) is 12.7. The number of hydrogen-bond donors (Lipinski definition) is 1. The lowest BCUT2D eigenvalue weighted by Crippen LogP contribution is -2.23. The lowest BCUT2D eigenvalue weighted by atomic mass is 10.1. The van der Waals surface area contributed by atoms with E-state index in [1.807, 2.05) is 31.2 Å². The van der Waals surface area contributed by atoms with Crippen molar-refractivity contribution in [2.24, 2.45) is 0 Å². The molecular formula is C14H17NO2. The molecule has 3 heteroatoms. The number of ketones is 1. The van der Waals surface area contributed by atoms with Gasteiger partial charge >= 0.3 is 0 Å². The highest BCUT2D eigenvalue weighted by Gasteiger charge is 1.96. The summed E-state index contributed by atoms with van der Waals surface area (Å²) in [6.07, 6.45) is 3.61. The smallest absolute Gasteiger partial charge is 0.244 e. The van der Waals surface area contributed by atoms with Gasteiger partial charge in [0.15, 0.2) is 0 Å². The van der Waals surface area contributed by atoms with E-state index >= 15 is 0 Å². The molecule has 17 heavy (non-hydrogen) atoms. The molecule has 0 aliphatic heterocycles. The van der Waals surface area contributed by atoms with Gasteiger partial charge in [-0.2, -0.15) is 0 Å². The molecule has 0 atom stereocenters. The Morgan fingerprint density at radius 2 is 1.88 bits per heavy atom. The van der Waals surface area contributed by atoms with Crippen LogP contribution in [0.3, 0.4) is 0 Å². The van der Waals surface area contributed by atoms with Gasteiger partial charge in [-0.25, -0.2) is 0 Å². The normalized spacial score (nSPS) is 10.5. The lowest BCUT2D eigenvalue weighted by molar-refractivity contribution is -0.117. The van der Waals surface area contributed by atoms with Gasteiger partial charge in [0.1, 0.15) is 5.78 Å². The fourth-order valence-electron chi connectivity index (χ4n) is 1.27. The van der Waals surface area contributed by atoms with Crippen molar-refractivity contribution in [2.45, 2.75) is 20.3 Å². The molecule has 3 nitrogen and oxygen atoms in total. The largest absolute Gasteiger partial charge is 0.352 e. The van der Waals surface area contributed by atoms with Crippen LogP contribution in [0.1, 0.15) is 24.5 Å². The fraction of sp³-hybridized carbons (Fsp3) is 0.286. The quantitative estimate of drug-likeness (QED) is 0.789. The SMILES string of the molecule is CC(=O)CCNC(=O)/C=C/c1ccc(C)cc1. The van der Waals surface area contributed by atoms with Gasteiger partial charge in [0, 0.05) is 19.0 Å². The van der Waals surface area contributed by atoms with Crippen molar-refractivity contribution in [1.82, 2.24) is 5.32 Å². The van der Waals surface area contributed by atoms with Crippen LogP contribution in [0.5, 0.6) is 0 Å². The van der Waals surface area contributed by atoms with Crippen LogP contribution in [0.2, 0.25) is 0 Å². The molecule has 0 aliphatic rings. The first-order valence-corrected chi connectivity index (χ1v) is 5.60. The Kier molecular flexibility index (Phi) is 5.14. The summed E-state index contributed by atoms with van der Waals surface area (Å²) < 4.78 is 0. The molecule has 0 spiro atoms. The number of benzene rings is 1. The summed E-state index contributed by atoms with van der Waals surface area (Å²) in [5, 5.41) is 2.65. The maximum Gasteiger partial charge on any atom is 0.244 e. The van der Waals surface area contributed by atoms with Crippen LogP contribution in [0.25, 0.3) is 6.08 Å². The number of Topliss-reactive ketones (excluding diaryl/α,β-unsaturated/α-hetero) is 1. The Bertz CT molecular complexity index is 418. The second kappa shape index (κ2) is 6.63. The van der Waals surface area contributed by atoms with Crippen molar-refractivity contribution < 1.29 is 9.59 Å². The van der Waals surface area contributed by atoms with E-state index < -0.39 is 0 Å². The van der Waals surface area contributed by atoms with Crippen LogP contribution in [-0.4, -0.2) is 18.2 Å². The molecule has 0 saturated heterocycles. The van der Waals surface area contributed by atoms with Gasteiger partial charge in [-0.3, -0.25) is 9.59 Å². The molecule has 1 amide bonds. The highest BCUT2D eigenvalue weighted by atomic mass is 16.1. The second-order valence-corrected chi connectivity index (χ2v) is 3.99. The molecule has 0 radical (unpaired) electrons. The minimum absolute atomic E-state index is 0.0767. The first-order chi connectivity index (χ1) is 8.08. The molecule has 1 aromatic rings. The van der Waals surface area contributed by atoms with Gasteiger partial charge in [0.25, 0.3) is 0 Å². The fourth-order valence-corrected chi connectivity index (χ4v) is 1.27. The van der Waals surface area contributed by atoms with Crippen LogP contribution < -0.4 is 5.32 Å². The van der Waals surface area contributed by atoms with Gasteiger partial charge in [-0.15, -0.1) is 0 Å². The second-order valence-electron chi connectivity index (χ2n) is 3.99. The Morgan fingerprint density at radius 1 is 1.24 bits per heavy atom. The van der Waals surface area contributed by atoms with E-state index in [9.17, 15) is 9.59 Å². The molecule has 90 valence electrons. The number of hydrogen-bond acceptors (Lipinski definition) is 2. The van der Waals surface area contributed by atoms with Crippen molar-refractivity contribution in [3.63, 3.8) is 0 Å². The van der Waals surface area contributed by atoms with Gasteiger partial charge in [-0.05, 0) is 25.5 Å². The monoisotopic (exact) mass is 231 g/mol. The highest BCUT2D eigenvalue weighted by molar-refractivity contribution is 5.91. The number of nitrogens with one attached hydrogen (secondary N) is 1. The van der Waals surface area contributed by atoms with E-state index in [0.717, 1.165) is 5.56 Å². The topological polar surface area (TPSA) is 46.2 Å². The van der Waals surface area contributed by atoms with Crippen molar-refractivity contribution >= 4 is 17.8 Å². The van der Waals surface area contributed by atoms with Crippen LogP contribution in [-0.2, 0) is 9.59 Å². The predicted molar refractivity (Wildman–Crippen MR) is 68.5 cm³/mol. The van der Waals surface area contributed by atoms with Crippen LogP contribution in [0.15, 0.2) is 30.3 Å². The maximum atomic E-state index is 11.4. The van der Waals surface area contributed by atoms with Gasteiger partial charge in [0.2, 0.25) is 5.91 Å². The van der Waals surface area contributed by atoms with E-state index in [-0.39, 0.29) is 11.7 Å². The molecule has 0 saturated carbocycles. The molecule has 1 aromatic carbocycles. The molecule has 0 fully saturated rings. The number of aryl methyl sites for hydroxylation is 1. The van der Waals surface area contributed by atoms with Crippen molar-refractivity contribution in [3.05, 3.63) is 41.5 Å². The number of carbonyl (C=O) groups is 2. The predicted octanol–water partition coefficient (Wildman–Crippen LogP) is 2.10. The highest BCUT2D eigenvalue weighted by Crippen LogP contribution is 2.04. The van der Waals surface area contributed by atoms with Gasteiger partial charge < -0.3 is 5.32 Å². The van der Waals surface area contributed by atoms with E-state index in [1.165, 1.54) is 18.6 Å². The van der Waals surface area contributed by atoms with E-state index in [1.54, 1.807) is 6.08 Å². The number of rotatable bonds is 5. The third-order valence-corrected chi connectivity index (χ3v) is 2.28.